The molecule has 1 saturated heterocycles. The standard InChI is InChI=1S/C18H23FN2O4S/c1-12-9-21(10-13(2)25-12)17-4-3-15(8-16(17)19)20-18(22)7-14-5-6-26(23,24)11-14/h3-6,8,12-14H,7,9-11H2,1-2H3,(H,20,22)/t12-,13-,14+/m1/s1. The number of nitrogens with zero attached hydrogens (tertiary/aromatic N) is 1. The van der Waals surface area contributed by atoms with Crippen LogP contribution >= 0.6 is 0 Å². The lowest BCUT2D eigenvalue weighted by Gasteiger charge is -2.37. The number of allylic oxidation sites excluding steroid dienone is 1. The molecule has 8 heteroatoms. The fraction of sp³-hybridized carbons (Fsp3) is 0.500. The second kappa shape index (κ2) is 7.36. The SMILES string of the molecule is C[C@@H]1CN(c2ccc(NC(=O)C[C@@H]3C=CS(=O)(=O)C3)cc2F)C[C@@H](C)O1. The maximum Gasteiger partial charge on any atom is 0.224 e. The molecule has 3 atom stereocenters. The van der Waals surface area contributed by atoms with Crippen molar-refractivity contribution in [3.8, 4) is 0 Å². The maximum atomic E-state index is 14.5. The van der Waals surface area contributed by atoms with Crippen molar-refractivity contribution in [3.63, 3.8) is 0 Å². The molecule has 2 heterocycles. The average molecular weight is 382 g/mol. The number of nitrogens with one attached hydrogen (secondary N) is 1. The number of amides is 1. The van der Waals surface area contributed by atoms with Crippen molar-refractivity contribution >= 4 is 27.1 Å². The molecule has 0 unspecified atom stereocenters. The van der Waals surface area contributed by atoms with E-state index in [2.05, 4.69) is 5.32 Å². The van der Waals surface area contributed by atoms with Crippen molar-refractivity contribution in [1.82, 2.24) is 0 Å². The van der Waals surface area contributed by atoms with Crippen LogP contribution in [0.4, 0.5) is 15.8 Å². The third-order valence-corrected chi connectivity index (χ3v) is 5.91. The molecule has 0 bridgehead atoms. The molecule has 0 saturated carbocycles. The molecule has 2 aliphatic rings. The summed E-state index contributed by atoms with van der Waals surface area (Å²) in [6.45, 7) is 5.12. The summed E-state index contributed by atoms with van der Waals surface area (Å²) in [6.07, 6.45) is 1.62. The normalized spacial score (nSPS) is 27.5. The lowest BCUT2D eigenvalue weighted by atomic mass is 10.1. The number of hydrogen-bond acceptors (Lipinski definition) is 5. The summed E-state index contributed by atoms with van der Waals surface area (Å²) in [5, 5.41) is 3.78. The van der Waals surface area contributed by atoms with Crippen molar-refractivity contribution in [2.45, 2.75) is 32.5 Å². The predicted molar refractivity (Wildman–Crippen MR) is 98.3 cm³/mol. The first kappa shape index (κ1) is 18.8. The molecular weight excluding hydrogens is 359 g/mol. The summed E-state index contributed by atoms with van der Waals surface area (Å²) < 4.78 is 42.9. The van der Waals surface area contributed by atoms with Crippen LogP contribution in [0.25, 0.3) is 0 Å². The number of hydrogen-bond donors (Lipinski definition) is 1. The van der Waals surface area contributed by atoms with E-state index in [1.54, 1.807) is 12.1 Å². The lowest BCUT2D eigenvalue weighted by Crippen LogP contribution is -2.45. The molecule has 1 aromatic carbocycles. The second-order valence-corrected chi connectivity index (χ2v) is 8.93. The minimum atomic E-state index is -3.18. The van der Waals surface area contributed by atoms with E-state index in [4.69, 9.17) is 4.74 Å². The summed E-state index contributed by atoms with van der Waals surface area (Å²) in [6, 6.07) is 4.59. The highest BCUT2D eigenvalue weighted by Crippen LogP contribution is 2.26. The van der Waals surface area contributed by atoms with Gasteiger partial charge in [0.1, 0.15) is 5.82 Å². The molecule has 1 N–H and O–H groups in total. The Morgan fingerprint density at radius 2 is 2.00 bits per heavy atom. The molecular formula is C18H23FN2O4S. The van der Waals surface area contributed by atoms with Gasteiger partial charge in [0.2, 0.25) is 5.91 Å². The lowest BCUT2D eigenvalue weighted by molar-refractivity contribution is -0.116. The van der Waals surface area contributed by atoms with E-state index in [1.807, 2.05) is 18.7 Å². The number of ether oxygens (including phenoxy) is 1. The Balaban J connectivity index is 1.62. The van der Waals surface area contributed by atoms with Crippen LogP contribution in [0.15, 0.2) is 29.7 Å². The summed E-state index contributed by atoms with van der Waals surface area (Å²) in [5.74, 6) is -1.13. The van der Waals surface area contributed by atoms with Gasteiger partial charge in [-0.15, -0.1) is 0 Å². The van der Waals surface area contributed by atoms with E-state index in [-0.39, 0.29) is 36.2 Å². The van der Waals surface area contributed by atoms with Crippen LogP contribution in [0, 0.1) is 11.7 Å². The van der Waals surface area contributed by atoms with Crippen molar-refractivity contribution in [2.75, 3.05) is 29.1 Å². The fourth-order valence-corrected chi connectivity index (χ4v) is 4.83. The van der Waals surface area contributed by atoms with Crippen LogP contribution in [0.1, 0.15) is 20.3 Å². The number of benzene rings is 1. The Labute approximate surface area is 152 Å². The van der Waals surface area contributed by atoms with Crippen molar-refractivity contribution in [3.05, 3.63) is 35.5 Å². The van der Waals surface area contributed by atoms with E-state index in [9.17, 15) is 17.6 Å². The summed E-state index contributed by atoms with van der Waals surface area (Å²) in [7, 11) is -3.18. The van der Waals surface area contributed by atoms with Crippen LogP contribution in [-0.4, -0.2) is 45.4 Å². The van der Waals surface area contributed by atoms with Gasteiger partial charge < -0.3 is 15.0 Å². The van der Waals surface area contributed by atoms with Gasteiger partial charge in [0, 0.05) is 36.5 Å². The number of sulfone groups is 1. The molecule has 0 radical (unpaired) electrons. The quantitative estimate of drug-likeness (QED) is 0.865. The minimum Gasteiger partial charge on any atom is -0.372 e. The monoisotopic (exact) mass is 382 g/mol. The summed E-state index contributed by atoms with van der Waals surface area (Å²) in [4.78, 5) is 14.0. The molecule has 26 heavy (non-hydrogen) atoms. The average Bonchev–Trinajstić information content (AvgIpc) is 2.84. The van der Waals surface area contributed by atoms with E-state index < -0.39 is 15.7 Å². The maximum absolute atomic E-state index is 14.5. The predicted octanol–water partition coefficient (Wildman–Crippen LogP) is 2.33. The highest BCUT2D eigenvalue weighted by Gasteiger charge is 2.25. The number of carbonyl (C=O) groups excluding carboxylic acids is 1. The molecule has 142 valence electrons. The number of halogens is 1. The van der Waals surface area contributed by atoms with Gasteiger partial charge in [-0.25, -0.2) is 12.8 Å². The first-order chi connectivity index (χ1) is 12.2. The van der Waals surface area contributed by atoms with Crippen molar-refractivity contribution in [2.24, 2.45) is 5.92 Å². The molecule has 1 aromatic rings. The highest BCUT2D eigenvalue weighted by atomic mass is 32.2. The molecule has 0 aliphatic carbocycles. The van der Waals surface area contributed by atoms with Crippen molar-refractivity contribution in [1.29, 1.82) is 0 Å². The van der Waals surface area contributed by atoms with Crippen LogP contribution in [0.5, 0.6) is 0 Å². The first-order valence-corrected chi connectivity index (χ1v) is 10.3. The summed E-state index contributed by atoms with van der Waals surface area (Å²) >= 11 is 0. The topological polar surface area (TPSA) is 75.7 Å². The molecule has 2 aliphatic heterocycles. The van der Waals surface area contributed by atoms with Gasteiger partial charge in [-0.1, -0.05) is 6.08 Å². The largest absolute Gasteiger partial charge is 0.372 e. The molecule has 1 fully saturated rings. The van der Waals surface area contributed by atoms with Gasteiger partial charge in [-0.05, 0) is 32.0 Å². The Bertz CT molecular complexity index is 814. The number of anilines is 2. The number of carbonyl (C=O) groups is 1. The van der Waals surface area contributed by atoms with E-state index >= 15 is 0 Å². The van der Waals surface area contributed by atoms with Crippen LogP contribution < -0.4 is 10.2 Å². The molecule has 1 amide bonds. The number of morpholine rings is 1. The van der Waals surface area contributed by atoms with Gasteiger partial charge in [0.25, 0.3) is 0 Å². The molecule has 0 spiro atoms. The molecule has 6 nitrogen and oxygen atoms in total. The minimum absolute atomic E-state index is 0.0216. The zero-order valence-electron chi connectivity index (χ0n) is 14.8. The van der Waals surface area contributed by atoms with Gasteiger partial charge in [0.15, 0.2) is 9.84 Å². The zero-order valence-corrected chi connectivity index (χ0v) is 15.6. The molecule has 0 aromatic heterocycles. The second-order valence-electron chi connectivity index (χ2n) is 7.00. The first-order valence-electron chi connectivity index (χ1n) is 8.62. The van der Waals surface area contributed by atoms with Crippen LogP contribution in [-0.2, 0) is 19.4 Å². The zero-order chi connectivity index (χ0) is 18.9. The van der Waals surface area contributed by atoms with Crippen LogP contribution in [0.3, 0.4) is 0 Å². The van der Waals surface area contributed by atoms with Crippen molar-refractivity contribution < 1.29 is 22.3 Å². The van der Waals surface area contributed by atoms with E-state index in [1.165, 1.54) is 12.1 Å². The number of rotatable bonds is 4. The van der Waals surface area contributed by atoms with E-state index in [0.717, 1.165) is 5.41 Å². The Kier molecular flexibility index (Phi) is 5.34. The fourth-order valence-electron chi connectivity index (χ4n) is 3.43. The van der Waals surface area contributed by atoms with E-state index in [0.29, 0.717) is 24.5 Å². The van der Waals surface area contributed by atoms with Gasteiger partial charge in [-0.3, -0.25) is 4.79 Å². The van der Waals surface area contributed by atoms with Crippen LogP contribution in [0.2, 0.25) is 0 Å². The van der Waals surface area contributed by atoms with Gasteiger partial charge in [0.05, 0.1) is 23.6 Å². The molecule has 3 rings (SSSR count). The van der Waals surface area contributed by atoms with Gasteiger partial charge >= 0.3 is 0 Å². The van der Waals surface area contributed by atoms with Gasteiger partial charge in [-0.2, -0.15) is 0 Å². The highest BCUT2D eigenvalue weighted by molar-refractivity contribution is 7.94. The Morgan fingerprint density at radius 3 is 2.58 bits per heavy atom. The Hall–Kier alpha value is -1.93. The third-order valence-electron chi connectivity index (χ3n) is 4.44. The smallest absolute Gasteiger partial charge is 0.224 e. The summed E-state index contributed by atoms with van der Waals surface area (Å²) in [5.41, 5.74) is 0.838. The Morgan fingerprint density at radius 1 is 1.31 bits per heavy atom. The third kappa shape index (κ3) is 4.62.